The molecule has 0 aromatic carbocycles. The van der Waals surface area contributed by atoms with Crippen LogP contribution >= 0.6 is 11.3 Å². The van der Waals surface area contributed by atoms with Crippen molar-refractivity contribution in [3.8, 4) is 6.01 Å². The van der Waals surface area contributed by atoms with Crippen molar-refractivity contribution in [2.24, 2.45) is 0 Å². The number of ether oxygens (including phenoxy) is 1. The molecule has 0 aliphatic heterocycles. The average Bonchev–Trinajstić information content (AvgIpc) is 2.79. The third-order valence-electron chi connectivity index (χ3n) is 2.15. The second-order valence-corrected chi connectivity index (χ2v) is 4.32. The molecule has 0 atom stereocenters. The molecule has 0 bridgehead atoms. The summed E-state index contributed by atoms with van der Waals surface area (Å²) >= 11 is 1.63. The molecule has 0 saturated heterocycles. The molecule has 0 radical (unpaired) electrons. The van der Waals surface area contributed by atoms with Gasteiger partial charge in [-0.15, -0.1) is 11.3 Å². The summed E-state index contributed by atoms with van der Waals surface area (Å²) in [6.07, 6.45) is 1.59. The van der Waals surface area contributed by atoms with Crippen LogP contribution in [0.2, 0.25) is 0 Å². The van der Waals surface area contributed by atoms with Crippen molar-refractivity contribution < 1.29 is 9.84 Å². The molecule has 1 N–H and O–H groups in total. The van der Waals surface area contributed by atoms with Crippen LogP contribution in [0.5, 0.6) is 6.01 Å². The van der Waals surface area contributed by atoms with Gasteiger partial charge in [-0.25, -0.2) is 9.97 Å². The number of rotatable bonds is 4. The number of aliphatic hydroxyl groups excluding tert-OH is 1. The molecule has 84 valence electrons. The van der Waals surface area contributed by atoms with E-state index in [4.69, 9.17) is 9.84 Å². The molecule has 0 fully saturated rings. The summed E-state index contributed by atoms with van der Waals surface area (Å²) in [6, 6.07) is 4.33. The van der Waals surface area contributed by atoms with Crippen LogP contribution in [0, 0.1) is 6.92 Å². The van der Waals surface area contributed by atoms with Crippen molar-refractivity contribution in [1.82, 2.24) is 9.97 Å². The Balaban J connectivity index is 2.02. The van der Waals surface area contributed by atoms with Crippen molar-refractivity contribution in [2.75, 3.05) is 0 Å². The third-order valence-corrected chi connectivity index (χ3v) is 3.00. The molecule has 0 aliphatic carbocycles. The first kappa shape index (κ1) is 11.0. The summed E-state index contributed by atoms with van der Waals surface area (Å²) in [5, 5.41) is 11.0. The summed E-state index contributed by atoms with van der Waals surface area (Å²) in [7, 11) is 0. The molecule has 0 unspecified atom stereocenters. The van der Waals surface area contributed by atoms with Gasteiger partial charge < -0.3 is 9.84 Å². The predicted octanol–water partition coefficient (Wildman–Crippen LogP) is 1.92. The zero-order valence-electron chi connectivity index (χ0n) is 8.88. The zero-order chi connectivity index (χ0) is 11.4. The van der Waals surface area contributed by atoms with Gasteiger partial charge in [0.25, 0.3) is 0 Å². The van der Waals surface area contributed by atoms with Gasteiger partial charge in [0.1, 0.15) is 6.61 Å². The van der Waals surface area contributed by atoms with Gasteiger partial charge in [0.2, 0.25) is 0 Å². The van der Waals surface area contributed by atoms with Gasteiger partial charge in [-0.3, -0.25) is 0 Å². The molecular weight excluding hydrogens is 224 g/mol. The molecule has 2 aromatic heterocycles. The number of hydrogen-bond donors (Lipinski definition) is 1. The lowest BCUT2D eigenvalue weighted by atomic mass is 10.3. The van der Waals surface area contributed by atoms with Crippen LogP contribution in [0.1, 0.15) is 16.1 Å². The molecule has 16 heavy (non-hydrogen) atoms. The Hall–Kier alpha value is -1.46. The van der Waals surface area contributed by atoms with Crippen LogP contribution in [0.3, 0.4) is 0 Å². The van der Waals surface area contributed by atoms with Crippen LogP contribution in [-0.2, 0) is 13.2 Å². The number of thiophene rings is 1. The first-order valence-electron chi connectivity index (χ1n) is 4.88. The fourth-order valence-electron chi connectivity index (χ4n) is 1.23. The Morgan fingerprint density at radius 3 is 3.00 bits per heavy atom. The fourth-order valence-corrected chi connectivity index (χ4v) is 1.84. The van der Waals surface area contributed by atoms with Gasteiger partial charge >= 0.3 is 6.01 Å². The highest BCUT2D eigenvalue weighted by Gasteiger charge is 2.03. The molecule has 0 saturated carbocycles. The van der Waals surface area contributed by atoms with Crippen molar-refractivity contribution in [1.29, 1.82) is 0 Å². The van der Waals surface area contributed by atoms with Crippen molar-refractivity contribution in [2.45, 2.75) is 20.1 Å². The number of aryl methyl sites for hydroxylation is 1. The zero-order valence-corrected chi connectivity index (χ0v) is 9.70. The summed E-state index contributed by atoms with van der Waals surface area (Å²) in [4.78, 5) is 9.31. The van der Waals surface area contributed by atoms with Gasteiger partial charge in [-0.2, -0.15) is 0 Å². The molecule has 2 rings (SSSR count). The fraction of sp³-hybridized carbons (Fsp3) is 0.273. The molecule has 2 aromatic rings. The SMILES string of the molecule is Cc1nc(OCc2cccs2)ncc1CO. The van der Waals surface area contributed by atoms with E-state index < -0.39 is 0 Å². The Labute approximate surface area is 97.6 Å². The van der Waals surface area contributed by atoms with Crippen LogP contribution < -0.4 is 4.74 Å². The van der Waals surface area contributed by atoms with Crippen LogP contribution in [0.25, 0.3) is 0 Å². The van der Waals surface area contributed by atoms with Gasteiger partial charge in [-0.05, 0) is 18.4 Å². The Bertz CT molecular complexity index is 457. The Morgan fingerprint density at radius 2 is 2.38 bits per heavy atom. The Kier molecular flexibility index (Phi) is 3.48. The number of aliphatic hydroxyl groups is 1. The Morgan fingerprint density at radius 1 is 1.50 bits per heavy atom. The van der Waals surface area contributed by atoms with Crippen LogP contribution in [0.4, 0.5) is 0 Å². The molecule has 5 heteroatoms. The second kappa shape index (κ2) is 5.05. The maximum absolute atomic E-state index is 8.97. The van der Waals surface area contributed by atoms with Gasteiger partial charge in [0, 0.05) is 16.6 Å². The quantitative estimate of drug-likeness (QED) is 0.881. The molecule has 0 amide bonds. The highest BCUT2D eigenvalue weighted by Crippen LogP contribution is 2.13. The lowest BCUT2D eigenvalue weighted by Gasteiger charge is -2.05. The van der Waals surface area contributed by atoms with Crippen LogP contribution in [-0.4, -0.2) is 15.1 Å². The van der Waals surface area contributed by atoms with Crippen molar-refractivity contribution in [3.63, 3.8) is 0 Å². The van der Waals surface area contributed by atoms with E-state index in [0.29, 0.717) is 12.6 Å². The maximum Gasteiger partial charge on any atom is 0.316 e. The minimum atomic E-state index is -0.0446. The molecule has 0 aliphatic rings. The second-order valence-electron chi connectivity index (χ2n) is 3.29. The molecule has 0 spiro atoms. The highest BCUT2D eigenvalue weighted by atomic mass is 32.1. The normalized spacial score (nSPS) is 10.4. The third kappa shape index (κ3) is 2.56. The van der Waals surface area contributed by atoms with E-state index in [0.717, 1.165) is 16.1 Å². The summed E-state index contributed by atoms with van der Waals surface area (Å²) in [6.45, 7) is 2.26. The molecule has 4 nitrogen and oxygen atoms in total. The van der Waals surface area contributed by atoms with E-state index in [2.05, 4.69) is 9.97 Å². The maximum atomic E-state index is 8.97. The van der Waals surface area contributed by atoms with Gasteiger partial charge in [-0.1, -0.05) is 6.07 Å². The lowest BCUT2D eigenvalue weighted by molar-refractivity contribution is 0.271. The van der Waals surface area contributed by atoms with Gasteiger partial charge in [0.15, 0.2) is 0 Å². The van der Waals surface area contributed by atoms with E-state index in [9.17, 15) is 0 Å². The smallest absolute Gasteiger partial charge is 0.316 e. The van der Waals surface area contributed by atoms with E-state index in [1.54, 1.807) is 17.5 Å². The lowest BCUT2D eigenvalue weighted by Crippen LogP contribution is -2.01. The monoisotopic (exact) mass is 236 g/mol. The van der Waals surface area contributed by atoms with E-state index in [1.807, 2.05) is 24.4 Å². The summed E-state index contributed by atoms with van der Waals surface area (Å²) < 4.78 is 5.44. The predicted molar refractivity (Wildman–Crippen MR) is 61.3 cm³/mol. The van der Waals surface area contributed by atoms with Crippen molar-refractivity contribution >= 4 is 11.3 Å². The van der Waals surface area contributed by atoms with E-state index in [-0.39, 0.29) is 6.61 Å². The largest absolute Gasteiger partial charge is 0.458 e. The number of hydrogen-bond acceptors (Lipinski definition) is 5. The molecule has 2 heterocycles. The van der Waals surface area contributed by atoms with Gasteiger partial charge in [0.05, 0.1) is 12.3 Å². The first-order valence-corrected chi connectivity index (χ1v) is 5.76. The minimum Gasteiger partial charge on any atom is -0.458 e. The number of nitrogens with zero attached hydrogens (tertiary/aromatic N) is 2. The minimum absolute atomic E-state index is 0.0446. The number of aromatic nitrogens is 2. The van der Waals surface area contributed by atoms with Crippen LogP contribution in [0.15, 0.2) is 23.7 Å². The summed E-state index contributed by atoms with van der Waals surface area (Å²) in [5.41, 5.74) is 1.47. The topological polar surface area (TPSA) is 55.2 Å². The van der Waals surface area contributed by atoms with Crippen molar-refractivity contribution in [3.05, 3.63) is 39.8 Å². The van der Waals surface area contributed by atoms with E-state index >= 15 is 0 Å². The molecular formula is C11H12N2O2S. The highest BCUT2D eigenvalue weighted by molar-refractivity contribution is 7.09. The first-order chi connectivity index (χ1) is 7.79. The standard InChI is InChI=1S/C11H12N2O2S/c1-8-9(6-14)5-12-11(13-8)15-7-10-3-2-4-16-10/h2-5,14H,6-7H2,1H3. The summed E-state index contributed by atoms with van der Waals surface area (Å²) in [5.74, 6) is 0. The van der Waals surface area contributed by atoms with E-state index in [1.165, 1.54) is 0 Å². The average molecular weight is 236 g/mol.